The van der Waals surface area contributed by atoms with Crippen molar-refractivity contribution >= 4 is 40.0 Å². The van der Waals surface area contributed by atoms with E-state index in [1.54, 1.807) is 39.3 Å². The minimum atomic E-state index is -0.389. The molecule has 4 rings (SSSR count). The summed E-state index contributed by atoms with van der Waals surface area (Å²) in [4.78, 5) is 26.4. The van der Waals surface area contributed by atoms with Crippen molar-refractivity contribution in [3.63, 3.8) is 0 Å². The van der Waals surface area contributed by atoms with Gasteiger partial charge in [-0.25, -0.2) is 4.79 Å². The molecule has 180 valence electrons. The fourth-order valence-electron chi connectivity index (χ4n) is 3.68. The number of thioether (sulfide) groups is 1. The molecule has 3 aromatic rings. The molecule has 0 unspecified atom stereocenters. The minimum absolute atomic E-state index is 0.0495. The Balaban J connectivity index is 1.43. The highest BCUT2D eigenvalue weighted by Crippen LogP contribution is 2.39. The number of rotatable bonds is 9. The Morgan fingerprint density at radius 3 is 2.56 bits per heavy atom. The highest BCUT2D eigenvalue weighted by Gasteiger charge is 2.27. The fraction of sp³-hybridized carbons (Fsp3) is 0.391. The number of fused-ring (bicyclic) bond motifs is 1. The number of aryl methyl sites for hydroxylation is 1. The number of nitrogens with one attached hydrogen (secondary N) is 1. The largest absolute Gasteiger partial charge is 0.497 e. The molecule has 0 saturated heterocycles. The lowest BCUT2D eigenvalue weighted by molar-refractivity contribution is -0.113. The molecule has 0 radical (unpaired) electrons. The van der Waals surface area contributed by atoms with Gasteiger partial charge >= 0.3 is 5.97 Å². The van der Waals surface area contributed by atoms with Crippen LogP contribution in [-0.2, 0) is 22.4 Å². The number of anilines is 1. The van der Waals surface area contributed by atoms with Gasteiger partial charge in [-0.15, -0.1) is 21.5 Å². The minimum Gasteiger partial charge on any atom is -0.497 e. The number of benzene rings is 1. The van der Waals surface area contributed by atoms with Gasteiger partial charge in [0.1, 0.15) is 16.5 Å². The number of carbonyl (C=O) groups excluding carboxylic acids is 2. The fourth-order valence-corrected chi connectivity index (χ4v) is 5.54. The number of ether oxygens (including phenoxy) is 3. The van der Waals surface area contributed by atoms with Crippen LogP contribution >= 0.6 is 23.1 Å². The standard InChI is InChI=1S/C23H25N3O6S2/c1-4-31-22(28)19-16-7-5-6-8-17(16)34-21(19)24-18(27)12-33-23-26-25-20(32-23)13-9-14(29-2)11-15(10-13)30-3/h9-11H,4-8,12H2,1-3H3,(H,24,27). The van der Waals surface area contributed by atoms with E-state index in [0.717, 1.165) is 47.9 Å². The first-order chi connectivity index (χ1) is 16.5. The number of methoxy groups -OCH3 is 2. The average Bonchev–Trinajstić information content (AvgIpc) is 3.47. The van der Waals surface area contributed by atoms with Gasteiger partial charge in [0.25, 0.3) is 5.22 Å². The van der Waals surface area contributed by atoms with Gasteiger partial charge in [-0.2, -0.15) is 0 Å². The van der Waals surface area contributed by atoms with Crippen molar-refractivity contribution in [2.24, 2.45) is 0 Å². The molecule has 2 heterocycles. The van der Waals surface area contributed by atoms with Gasteiger partial charge in [-0.3, -0.25) is 4.79 Å². The number of aromatic nitrogens is 2. The third-order valence-corrected chi connectivity index (χ3v) is 7.26. The van der Waals surface area contributed by atoms with E-state index in [4.69, 9.17) is 18.6 Å². The zero-order valence-electron chi connectivity index (χ0n) is 19.1. The summed E-state index contributed by atoms with van der Waals surface area (Å²) >= 11 is 2.57. The third kappa shape index (κ3) is 5.36. The van der Waals surface area contributed by atoms with E-state index in [0.29, 0.717) is 27.6 Å². The Morgan fingerprint density at radius 2 is 1.85 bits per heavy atom. The van der Waals surface area contributed by atoms with E-state index in [1.165, 1.54) is 11.3 Å². The molecular formula is C23H25N3O6S2. The Kier molecular flexibility index (Phi) is 7.73. The number of esters is 1. The second kappa shape index (κ2) is 10.9. The molecule has 1 aliphatic carbocycles. The van der Waals surface area contributed by atoms with Crippen molar-refractivity contribution in [3.05, 3.63) is 34.2 Å². The molecule has 0 spiro atoms. The van der Waals surface area contributed by atoms with Crippen molar-refractivity contribution in [2.75, 3.05) is 31.9 Å². The summed E-state index contributed by atoms with van der Waals surface area (Å²) in [7, 11) is 3.12. The van der Waals surface area contributed by atoms with Gasteiger partial charge in [0, 0.05) is 16.5 Å². The molecule has 0 saturated carbocycles. The monoisotopic (exact) mass is 503 g/mol. The normalized spacial score (nSPS) is 12.7. The van der Waals surface area contributed by atoms with Crippen LogP contribution in [0, 0.1) is 0 Å². The van der Waals surface area contributed by atoms with E-state index in [1.807, 2.05) is 0 Å². The Hall–Kier alpha value is -3.05. The van der Waals surface area contributed by atoms with Crippen LogP contribution in [0.5, 0.6) is 11.5 Å². The summed E-state index contributed by atoms with van der Waals surface area (Å²) in [6.45, 7) is 2.05. The third-order valence-electron chi connectivity index (χ3n) is 5.24. The van der Waals surface area contributed by atoms with Crippen LogP contribution in [0.3, 0.4) is 0 Å². The first-order valence-electron chi connectivity index (χ1n) is 10.8. The first-order valence-corrected chi connectivity index (χ1v) is 12.6. The molecule has 0 atom stereocenters. The van der Waals surface area contributed by atoms with Crippen molar-refractivity contribution in [1.82, 2.24) is 10.2 Å². The zero-order valence-corrected chi connectivity index (χ0v) is 20.8. The predicted octanol–water partition coefficient (Wildman–Crippen LogP) is 4.60. The van der Waals surface area contributed by atoms with Crippen LogP contribution in [0.4, 0.5) is 5.00 Å². The van der Waals surface area contributed by atoms with Crippen molar-refractivity contribution in [2.45, 2.75) is 37.8 Å². The number of carbonyl (C=O) groups is 2. The molecule has 1 amide bonds. The van der Waals surface area contributed by atoms with Gasteiger partial charge in [-0.05, 0) is 50.3 Å². The molecule has 1 N–H and O–H groups in total. The highest BCUT2D eigenvalue weighted by molar-refractivity contribution is 7.99. The second-order valence-electron chi connectivity index (χ2n) is 7.45. The van der Waals surface area contributed by atoms with E-state index >= 15 is 0 Å². The highest BCUT2D eigenvalue weighted by atomic mass is 32.2. The summed E-state index contributed by atoms with van der Waals surface area (Å²) in [5.74, 6) is 0.871. The van der Waals surface area contributed by atoms with Crippen LogP contribution in [0.15, 0.2) is 27.8 Å². The van der Waals surface area contributed by atoms with E-state index in [9.17, 15) is 9.59 Å². The topological polar surface area (TPSA) is 113 Å². The van der Waals surface area contributed by atoms with Crippen LogP contribution < -0.4 is 14.8 Å². The maximum atomic E-state index is 12.7. The van der Waals surface area contributed by atoms with Gasteiger partial charge in [0.2, 0.25) is 11.8 Å². The summed E-state index contributed by atoms with van der Waals surface area (Å²) in [6, 6.07) is 5.26. The summed E-state index contributed by atoms with van der Waals surface area (Å²) in [5, 5.41) is 11.8. The van der Waals surface area contributed by atoms with Crippen LogP contribution in [0.2, 0.25) is 0 Å². The molecule has 9 nitrogen and oxygen atoms in total. The Bertz CT molecular complexity index is 1170. The van der Waals surface area contributed by atoms with E-state index in [-0.39, 0.29) is 35.3 Å². The molecule has 1 aromatic carbocycles. The predicted molar refractivity (Wildman–Crippen MR) is 129 cm³/mol. The molecule has 0 bridgehead atoms. The number of nitrogens with zero attached hydrogens (tertiary/aromatic N) is 2. The second-order valence-corrected chi connectivity index (χ2v) is 9.48. The van der Waals surface area contributed by atoms with Crippen LogP contribution in [0.25, 0.3) is 11.5 Å². The molecule has 34 heavy (non-hydrogen) atoms. The lowest BCUT2D eigenvalue weighted by atomic mass is 9.95. The lowest BCUT2D eigenvalue weighted by Gasteiger charge is -2.12. The van der Waals surface area contributed by atoms with Crippen molar-refractivity contribution in [1.29, 1.82) is 0 Å². The van der Waals surface area contributed by atoms with Crippen molar-refractivity contribution < 1.29 is 28.2 Å². The zero-order chi connectivity index (χ0) is 24.1. The van der Waals surface area contributed by atoms with Crippen molar-refractivity contribution in [3.8, 4) is 23.0 Å². The van der Waals surface area contributed by atoms with E-state index in [2.05, 4.69) is 15.5 Å². The average molecular weight is 504 g/mol. The summed E-state index contributed by atoms with van der Waals surface area (Å²) in [5.41, 5.74) is 2.14. The molecule has 11 heteroatoms. The first kappa shape index (κ1) is 24.1. The number of amides is 1. The van der Waals surface area contributed by atoms with Crippen LogP contribution in [-0.4, -0.2) is 48.7 Å². The van der Waals surface area contributed by atoms with Gasteiger partial charge in [-0.1, -0.05) is 11.8 Å². The summed E-state index contributed by atoms with van der Waals surface area (Å²) < 4.78 is 21.5. The molecular weight excluding hydrogens is 478 g/mol. The summed E-state index contributed by atoms with van der Waals surface area (Å²) in [6.07, 6.45) is 3.84. The van der Waals surface area contributed by atoms with Gasteiger partial charge < -0.3 is 23.9 Å². The molecule has 0 aliphatic heterocycles. The van der Waals surface area contributed by atoms with E-state index < -0.39 is 0 Å². The number of hydrogen-bond acceptors (Lipinski definition) is 10. The number of thiophene rings is 1. The number of hydrogen-bond donors (Lipinski definition) is 1. The van der Waals surface area contributed by atoms with Crippen LogP contribution in [0.1, 0.15) is 40.6 Å². The quantitative estimate of drug-likeness (QED) is 0.330. The van der Waals surface area contributed by atoms with Gasteiger partial charge in [0.05, 0.1) is 32.1 Å². The lowest BCUT2D eigenvalue weighted by Crippen LogP contribution is -2.17. The van der Waals surface area contributed by atoms with Gasteiger partial charge in [0.15, 0.2) is 0 Å². The molecule has 1 aliphatic rings. The SMILES string of the molecule is CCOC(=O)c1c(NC(=O)CSc2nnc(-c3cc(OC)cc(OC)c3)o2)sc2c1CCCC2. The molecule has 0 fully saturated rings. The Morgan fingerprint density at radius 1 is 1.12 bits per heavy atom. The Labute approximate surface area is 205 Å². The molecule has 2 aromatic heterocycles. The maximum absolute atomic E-state index is 12.7. The smallest absolute Gasteiger partial charge is 0.341 e. The maximum Gasteiger partial charge on any atom is 0.341 e.